The van der Waals surface area contributed by atoms with Gasteiger partial charge in [0.15, 0.2) is 7.98 Å². The first-order valence-corrected chi connectivity index (χ1v) is 2.56. The quantitative estimate of drug-likeness (QED) is 0.373. The molecule has 0 aromatic carbocycles. The molecule has 6 heavy (non-hydrogen) atoms. The fourth-order valence-electron chi connectivity index (χ4n) is 0.354. The fraction of sp³-hybridized carbons (Fsp3) is 1.00. The molecular weight excluding hydrogens is 72.9 g/mol. The average molecular weight is 85.0 g/mol. The third-order valence-corrected chi connectivity index (χ3v) is 0.780. The summed E-state index contributed by atoms with van der Waals surface area (Å²) in [5.74, 6) is 0. The Labute approximate surface area is 40.6 Å². The average Bonchev–Trinajstić information content (AvgIpc) is 1.61. The molecule has 0 unspecified atom stereocenters. The first kappa shape index (κ1) is 6.02. The predicted molar refractivity (Wildman–Crippen MR) is 31.5 cm³/mol. The Morgan fingerprint density at radius 1 is 1.67 bits per heavy atom. The first-order valence-electron chi connectivity index (χ1n) is 2.56. The molecule has 2 heteroatoms. The van der Waals surface area contributed by atoms with Gasteiger partial charge in [0.05, 0.1) is 0 Å². The van der Waals surface area contributed by atoms with E-state index >= 15 is 0 Å². The van der Waals surface area contributed by atoms with Crippen LogP contribution >= 0.6 is 0 Å². The smallest absolute Gasteiger partial charge is 0.181 e. The summed E-state index contributed by atoms with van der Waals surface area (Å²) < 4.78 is 0. The lowest BCUT2D eigenvalue weighted by Crippen LogP contribution is -2.08. The minimum absolute atomic E-state index is 1.16. The Hall–Kier alpha value is 0.0249. The number of unbranched alkanes of at least 4 members (excludes halogenated alkanes) is 1. The molecule has 0 aliphatic rings. The van der Waals surface area contributed by atoms with E-state index in [2.05, 4.69) is 12.2 Å². The second-order valence-corrected chi connectivity index (χ2v) is 1.46. The summed E-state index contributed by atoms with van der Waals surface area (Å²) in [6.07, 6.45) is 2.59. The van der Waals surface area contributed by atoms with Crippen LogP contribution < -0.4 is 5.23 Å². The fourth-order valence-corrected chi connectivity index (χ4v) is 0.354. The molecule has 0 radical (unpaired) electrons. The zero-order chi connectivity index (χ0) is 4.83. The molecule has 1 nitrogen and oxygen atoms in total. The normalized spacial score (nSPS) is 8.83. The highest BCUT2D eigenvalue weighted by atomic mass is 14.7. The van der Waals surface area contributed by atoms with Crippen molar-refractivity contribution in [2.75, 3.05) is 6.54 Å². The van der Waals surface area contributed by atoms with Crippen LogP contribution in [0.5, 0.6) is 0 Å². The van der Waals surface area contributed by atoms with Crippen LogP contribution in [-0.4, -0.2) is 14.5 Å². The predicted octanol–water partition coefficient (Wildman–Crippen LogP) is -0.0758. The molecule has 0 aromatic rings. The third-order valence-electron chi connectivity index (χ3n) is 0.780. The highest BCUT2D eigenvalue weighted by Crippen LogP contribution is 1.79. The first-order chi connectivity index (χ1) is 2.91. The van der Waals surface area contributed by atoms with Crippen molar-refractivity contribution in [1.82, 2.24) is 5.23 Å². The lowest BCUT2D eigenvalue weighted by Gasteiger charge is -1.89. The van der Waals surface area contributed by atoms with E-state index in [1.54, 1.807) is 0 Å². The molecule has 0 rings (SSSR count). The van der Waals surface area contributed by atoms with Crippen molar-refractivity contribution in [3.05, 3.63) is 0 Å². The second-order valence-electron chi connectivity index (χ2n) is 1.46. The molecule has 0 spiro atoms. The molecule has 1 N–H and O–H groups in total. The lowest BCUT2D eigenvalue weighted by molar-refractivity contribution is 0.771. The van der Waals surface area contributed by atoms with Crippen molar-refractivity contribution in [2.45, 2.75) is 19.8 Å². The number of hydrogen-bond acceptors (Lipinski definition) is 1. The van der Waals surface area contributed by atoms with Gasteiger partial charge in [0.2, 0.25) is 0 Å². The van der Waals surface area contributed by atoms with Crippen molar-refractivity contribution in [1.29, 1.82) is 0 Å². The maximum absolute atomic E-state index is 3.07. The lowest BCUT2D eigenvalue weighted by atomic mass is 10.3. The molecule has 0 fully saturated rings. The summed E-state index contributed by atoms with van der Waals surface area (Å²) >= 11 is 0. The van der Waals surface area contributed by atoms with Crippen LogP contribution in [0.4, 0.5) is 0 Å². The summed E-state index contributed by atoms with van der Waals surface area (Å²) in [6, 6.07) is 0. The van der Waals surface area contributed by atoms with Crippen LogP contribution in [0.2, 0.25) is 0 Å². The van der Waals surface area contributed by atoms with Crippen molar-refractivity contribution in [2.24, 2.45) is 0 Å². The van der Waals surface area contributed by atoms with Crippen LogP contribution in [0.3, 0.4) is 0 Å². The minimum Gasteiger partial charge on any atom is -0.362 e. The summed E-state index contributed by atoms with van der Waals surface area (Å²) in [5, 5.41) is 3.07. The van der Waals surface area contributed by atoms with E-state index in [9.17, 15) is 0 Å². The standard InChI is InChI=1S/C4H12BN/c1-2-3-4-6-5/h6H,2-5H2,1H3. The van der Waals surface area contributed by atoms with Gasteiger partial charge in [-0.05, 0) is 13.0 Å². The molecule has 0 aliphatic carbocycles. The zero-order valence-electron chi connectivity index (χ0n) is 4.62. The van der Waals surface area contributed by atoms with E-state index < -0.39 is 0 Å². The molecule has 0 atom stereocenters. The molecule has 0 saturated heterocycles. The topological polar surface area (TPSA) is 12.0 Å². The maximum Gasteiger partial charge on any atom is 0.181 e. The molecule has 0 bridgehead atoms. The van der Waals surface area contributed by atoms with Crippen LogP contribution in [0.15, 0.2) is 0 Å². The summed E-state index contributed by atoms with van der Waals surface area (Å²) in [4.78, 5) is 0. The highest BCUT2D eigenvalue weighted by molar-refractivity contribution is 6.04. The molecule has 0 amide bonds. The van der Waals surface area contributed by atoms with E-state index in [1.807, 2.05) is 7.98 Å². The monoisotopic (exact) mass is 85.1 g/mol. The second kappa shape index (κ2) is 5.02. The number of nitrogens with one attached hydrogen (secondary N) is 1. The Balaban J connectivity index is 2.34. The van der Waals surface area contributed by atoms with Gasteiger partial charge >= 0.3 is 0 Å². The van der Waals surface area contributed by atoms with Gasteiger partial charge in [-0.15, -0.1) is 0 Å². The summed E-state index contributed by atoms with van der Waals surface area (Å²) in [6.45, 7) is 3.36. The molecular formula is C4H12BN. The highest BCUT2D eigenvalue weighted by Gasteiger charge is 1.73. The van der Waals surface area contributed by atoms with Crippen molar-refractivity contribution in [3.8, 4) is 0 Å². The SMILES string of the molecule is BNCCCC. The van der Waals surface area contributed by atoms with Crippen LogP contribution in [0.25, 0.3) is 0 Å². The van der Waals surface area contributed by atoms with Gasteiger partial charge in [-0.3, -0.25) is 0 Å². The van der Waals surface area contributed by atoms with E-state index in [0.717, 1.165) is 6.54 Å². The van der Waals surface area contributed by atoms with Gasteiger partial charge < -0.3 is 5.23 Å². The maximum atomic E-state index is 3.07. The van der Waals surface area contributed by atoms with Gasteiger partial charge in [-0.2, -0.15) is 0 Å². The molecule has 0 aliphatic heterocycles. The van der Waals surface area contributed by atoms with Gasteiger partial charge in [-0.25, -0.2) is 0 Å². The van der Waals surface area contributed by atoms with Gasteiger partial charge in [0.1, 0.15) is 0 Å². The van der Waals surface area contributed by atoms with E-state index in [4.69, 9.17) is 0 Å². The van der Waals surface area contributed by atoms with E-state index in [0.29, 0.717) is 0 Å². The molecule has 36 valence electrons. The zero-order valence-corrected chi connectivity index (χ0v) is 4.62. The van der Waals surface area contributed by atoms with Crippen molar-refractivity contribution >= 4 is 7.98 Å². The van der Waals surface area contributed by atoms with Crippen LogP contribution in [0, 0.1) is 0 Å². The Morgan fingerprint density at radius 2 is 2.33 bits per heavy atom. The molecule has 0 heterocycles. The third kappa shape index (κ3) is 4.02. The summed E-state index contributed by atoms with van der Waals surface area (Å²) in [7, 11) is 1.98. The summed E-state index contributed by atoms with van der Waals surface area (Å²) in [5.41, 5.74) is 0. The minimum atomic E-state index is 1.16. The number of rotatable bonds is 3. The van der Waals surface area contributed by atoms with Crippen LogP contribution in [-0.2, 0) is 0 Å². The molecule has 0 saturated carbocycles. The Morgan fingerprint density at radius 3 is 2.50 bits per heavy atom. The van der Waals surface area contributed by atoms with Crippen molar-refractivity contribution in [3.63, 3.8) is 0 Å². The van der Waals surface area contributed by atoms with E-state index in [1.165, 1.54) is 12.8 Å². The van der Waals surface area contributed by atoms with Gasteiger partial charge in [0.25, 0.3) is 0 Å². The van der Waals surface area contributed by atoms with Gasteiger partial charge in [0, 0.05) is 0 Å². The Bertz CT molecular complexity index is 19.5. The Kier molecular flexibility index (Phi) is 5.05. The largest absolute Gasteiger partial charge is 0.362 e. The van der Waals surface area contributed by atoms with E-state index in [-0.39, 0.29) is 0 Å². The van der Waals surface area contributed by atoms with Gasteiger partial charge in [-0.1, -0.05) is 13.3 Å². The number of hydrogen-bond donors (Lipinski definition) is 1. The van der Waals surface area contributed by atoms with Crippen molar-refractivity contribution < 1.29 is 0 Å². The molecule has 0 aromatic heterocycles. The van der Waals surface area contributed by atoms with Crippen LogP contribution in [0.1, 0.15) is 19.8 Å².